The van der Waals surface area contributed by atoms with Gasteiger partial charge in [0, 0.05) is 11.9 Å². The highest BCUT2D eigenvalue weighted by Crippen LogP contribution is 2.36. The Kier molecular flexibility index (Phi) is 3.88. The first-order valence-corrected chi connectivity index (χ1v) is 6.59. The van der Waals surface area contributed by atoms with Gasteiger partial charge in [-0.05, 0) is 30.5 Å². The fourth-order valence-electron chi connectivity index (χ4n) is 2.19. The van der Waals surface area contributed by atoms with Crippen molar-refractivity contribution in [1.29, 1.82) is 0 Å². The summed E-state index contributed by atoms with van der Waals surface area (Å²) in [5.41, 5.74) is 0.239. The van der Waals surface area contributed by atoms with Gasteiger partial charge in [0.05, 0.1) is 11.1 Å². The summed E-state index contributed by atoms with van der Waals surface area (Å²) >= 11 is 0. The van der Waals surface area contributed by atoms with Crippen LogP contribution in [0, 0.1) is 0 Å². The molecule has 0 bridgehead atoms. The van der Waals surface area contributed by atoms with Crippen LogP contribution in [0.2, 0.25) is 0 Å². The Labute approximate surface area is 116 Å². The van der Waals surface area contributed by atoms with E-state index in [0.29, 0.717) is 17.7 Å². The van der Waals surface area contributed by atoms with E-state index in [2.05, 4.69) is 10.3 Å². The van der Waals surface area contributed by atoms with Crippen molar-refractivity contribution < 1.29 is 13.2 Å². The minimum Gasteiger partial charge on any atom is -0.370 e. The highest BCUT2D eigenvalue weighted by Gasteiger charge is 2.33. The minimum atomic E-state index is -4.39. The fraction of sp³-hybridized carbons (Fsp3) is 0.400. The van der Waals surface area contributed by atoms with E-state index in [1.807, 2.05) is 20.8 Å². The Hall–Kier alpha value is -1.78. The lowest BCUT2D eigenvalue weighted by molar-refractivity contribution is -0.136. The van der Waals surface area contributed by atoms with Crippen molar-refractivity contribution in [2.75, 3.05) is 11.9 Å². The Morgan fingerprint density at radius 2 is 1.95 bits per heavy atom. The number of hydrogen-bond acceptors (Lipinski definition) is 2. The van der Waals surface area contributed by atoms with E-state index >= 15 is 0 Å². The van der Waals surface area contributed by atoms with E-state index in [0.717, 1.165) is 11.6 Å². The molecule has 0 fully saturated rings. The third kappa shape index (κ3) is 2.71. The van der Waals surface area contributed by atoms with Crippen molar-refractivity contribution in [3.05, 3.63) is 35.4 Å². The molecule has 0 amide bonds. The summed E-state index contributed by atoms with van der Waals surface area (Å²) in [4.78, 5) is 4.22. The summed E-state index contributed by atoms with van der Waals surface area (Å²) in [6.07, 6.45) is -4.39. The summed E-state index contributed by atoms with van der Waals surface area (Å²) in [6.45, 7) is 6.51. The lowest BCUT2D eigenvalue weighted by Crippen LogP contribution is -2.09. The molecular weight excluding hydrogens is 265 g/mol. The molecule has 1 aromatic carbocycles. The molecule has 1 aromatic heterocycles. The van der Waals surface area contributed by atoms with Gasteiger partial charge in [-0.3, -0.25) is 0 Å². The van der Waals surface area contributed by atoms with Crippen LogP contribution in [0.25, 0.3) is 10.9 Å². The first-order chi connectivity index (χ1) is 9.34. The molecule has 2 aromatic rings. The molecule has 20 heavy (non-hydrogen) atoms. The first-order valence-electron chi connectivity index (χ1n) is 6.59. The van der Waals surface area contributed by atoms with Crippen LogP contribution in [0.3, 0.4) is 0 Å². The van der Waals surface area contributed by atoms with Gasteiger partial charge >= 0.3 is 6.18 Å². The molecule has 0 aliphatic carbocycles. The standard InChI is InChI=1S/C15H17F3N2/c1-4-19-14-11(9(2)3)8-10-6-5-7-12(13(10)20-14)15(16,17)18/h5-9H,4H2,1-3H3,(H,19,20). The van der Waals surface area contributed by atoms with Gasteiger partial charge in [0.2, 0.25) is 0 Å². The predicted molar refractivity (Wildman–Crippen MR) is 75.0 cm³/mol. The number of benzene rings is 1. The zero-order valence-electron chi connectivity index (χ0n) is 11.7. The third-order valence-electron chi connectivity index (χ3n) is 3.15. The number of aromatic nitrogens is 1. The molecule has 0 aliphatic heterocycles. The van der Waals surface area contributed by atoms with E-state index in [1.165, 1.54) is 6.07 Å². The van der Waals surface area contributed by atoms with Crippen LogP contribution >= 0.6 is 0 Å². The summed E-state index contributed by atoms with van der Waals surface area (Å²) in [5, 5.41) is 3.57. The molecule has 2 nitrogen and oxygen atoms in total. The van der Waals surface area contributed by atoms with Crippen LogP contribution in [0.15, 0.2) is 24.3 Å². The normalized spacial score (nSPS) is 12.2. The topological polar surface area (TPSA) is 24.9 Å². The van der Waals surface area contributed by atoms with Gasteiger partial charge in [-0.25, -0.2) is 4.98 Å². The van der Waals surface area contributed by atoms with Crippen LogP contribution in [0.4, 0.5) is 19.0 Å². The Morgan fingerprint density at radius 3 is 2.50 bits per heavy atom. The number of nitrogens with zero attached hydrogens (tertiary/aromatic N) is 1. The van der Waals surface area contributed by atoms with Crippen LogP contribution in [0.1, 0.15) is 37.8 Å². The second-order valence-corrected chi connectivity index (χ2v) is 4.99. The molecule has 2 rings (SSSR count). The summed E-state index contributed by atoms with van der Waals surface area (Å²) < 4.78 is 39.1. The van der Waals surface area contributed by atoms with Crippen molar-refractivity contribution in [1.82, 2.24) is 4.98 Å². The smallest absolute Gasteiger partial charge is 0.370 e. The predicted octanol–water partition coefficient (Wildman–Crippen LogP) is 4.81. The molecule has 0 radical (unpaired) electrons. The van der Waals surface area contributed by atoms with Gasteiger partial charge < -0.3 is 5.32 Å². The largest absolute Gasteiger partial charge is 0.418 e. The number of pyridine rings is 1. The number of fused-ring (bicyclic) bond motifs is 1. The van der Waals surface area contributed by atoms with E-state index in [4.69, 9.17) is 0 Å². The Balaban J connectivity index is 2.74. The molecular formula is C15H17F3N2. The molecule has 0 saturated carbocycles. The van der Waals surface area contributed by atoms with E-state index in [-0.39, 0.29) is 11.4 Å². The second kappa shape index (κ2) is 5.31. The molecule has 0 aliphatic rings. The summed E-state index contributed by atoms with van der Waals surface area (Å²) in [6, 6.07) is 5.95. The van der Waals surface area contributed by atoms with Gasteiger partial charge in [-0.2, -0.15) is 13.2 Å². The molecule has 108 valence electrons. The molecule has 0 saturated heterocycles. The fourth-order valence-corrected chi connectivity index (χ4v) is 2.19. The van der Waals surface area contributed by atoms with Gasteiger partial charge in [-0.1, -0.05) is 26.0 Å². The number of halogens is 3. The number of para-hydroxylation sites is 1. The monoisotopic (exact) mass is 282 g/mol. The van der Waals surface area contributed by atoms with Crippen LogP contribution in [0.5, 0.6) is 0 Å². The Bertz CT molecular complexity index is 618. The van der Waals surface area contributed by atoms with Crippen LogP contribution in [-0.2, 0) is 6.18 Å². The van der Waals surface area contributed by atoms with Gasteiger partial charge in [0.15, 0.2) is 0 Å². The lowest BCUT2D eigenvalue weighted by atomic mass is 10.00. The van der Waals surface area contributed by atoms with Gasteiger partial charge in [-0.15, -0.1) is 0 Å². The van der Waals surface area contributed by atoms with E-state index < -0.39 is 11.7 Å². The minimum absolute atomic E-state index is 0.000324. The zero-order chi connectivity index (χ0) is 14.9. The lowest BCUT2D eigenvalue weighted by Gasteiger charge is -2.16. The van der Waals surface area contributed by atoms with Crippen molar-refractivity contribution in [2.45, 2.75) is 32.9 Å². The van der Waals surface area contributed by atoms with Crippen LogP contribution < -0.4 is 5.32 Å². The van der Waals surface area contributed by atoms with Crippen LogP contribution in [-0.4, -0.2) is 11.5 Å². The molecule has 0 spiro atoms. The maximum atomic E-state index is 13.0. The first kappa shape index (κ1) is 14.6. The number of anilines is 1. The van der Waals surface area contributed by atoms with Crippen molar-refractivity contribution >= 4 is 16.7 Å². The second-order valence-electron chi connectivity index (χ2n) is 4.99. The SMILES string of the molecule is CCNc1nc2c(C(F)(F)F)cccc2cc1C(C)C. The van der Waals surface area contributed by atoms with Gasteiger partial charge in [0.1, 0.15) is 5.82 Å². The summed E-state index contributed by atoms with van der Waals surface area (Å²) in [7, 11) is 0. The van der Waals surface area contributed by atoms with E-state index in [9.17, 15) is 13.2 Å². The average molecular weight is 282 g/mol. The number of alkyl halides is 3. The van der Waals surface area contributed by atoms with Crippen molar-refractivity contribution in [2.24, 2.45) is 0 Å². The van der Waals surface area contributed by atoms with E-state index in [1.54, 1.807) is 12.1 Å². The molecule has 5 heteroatoms. The maximum Gasteiger partial charge on any atom is 0.418 e. The zero-order valence-corrected chi connectivity index (χ0v) is 11.7. The molecule has 1 heterocycles. The number of rotatable bonds is 3. The Morgan fingerprint density at radius 1 is 1.25 bits per heavy atom. The molecule has 1 N–H and O–H groups in total. The number of nitrogens with one attached hydrogen (secondary N) is 1. The highest BCUT2D eigenvalue weighted by atomic mass is 19.4. The average Bonchev–Trinajstić information content (AvgIpc) is 2.36. The van der Waals surface area contributed by atoms with Crippen molar-refractivity contribution in [3.63, 3.8) is 0 Å². The highest BCUT2D eigenvalue weighted by molar-refractivity contribution is 5.85. The van der Waals surface area contributed by atoms with Crippen molar-refractivity contribution in [3.8, 4) is 0 Å². The number of hydrogen-bond donors (Lipinski definition) is 1. The molecule has 0 atom stereocenters. The molecule has 0 unspecified atom stereocenters. The van der Waals surface area contributed by atoms with Gasteiger partial charge in [0.25, 0.3) is 0 Å². The quantitative estimate of drug-likeness (QED) is 0.874. The summed E-state index contributed by atoms with van der Waals surface area (Å²) in [5.74, 6) is 0.724. The maximum absolute atomic E-state index is 13.0. The third-order valence-corrected chi connectivity index (χ3v) is 3.15.